The summed E-state index contributed by atoms with van der Waals surface area (Å²) in [7, 11) is 3.17. The molecule has 0 spiro atoms. The van der Waals surface area contributed by atoms with E-state index in [1.54, 1.807) is 21.1 Å². The smallest absolute Gasteiger partial charge is 0.328 e. The molecule has 3 aromatic carbocycles. The van der Waals surface area contributed by atoms with Gasteiger partial charge in [-0.15, -0.1) is 0 Å². The van der Waals surface area contributed by atoms with Crippen LogP contribution in [0.3, 0.4) is 0 Å². The van der Waals surface area contributed by atoms with E-state index in [1.165, 1.54) is 10.8 Å². The molecule has 0 bridgehead atoms. The third-order valence-electron chi connectivity index (χ3n) is 6.78. The van der Waals surface area contributed by atoms with Gasteiger partial charge in [-0.1, -0.05) is 54.6 Å². The predicted octanol–water partition coefficient (Wildman–Crippen LogP) is 2.35. The number of ether oxygens (including phenoxy) is 3. The first kappa shape index (κ1) is 29.3. The second kappa shape index (κ2) is 13.1. The second-order valence-corrected chi connectivity index (χ2v) is 9.46. The van der Waals surface area contributed by atoms with Gasteiger partial charge >= 0.3 is 5.69 Å². The lowest BCUT2D eigenvalue weighted by Crippen LogP contribution is -2.46. The zero-order chi connectivity index (χ0) is 29.4. The number of methoxy groups -OCH3 is 2. The molecular weight excluding hydrogens is 526 g/mol. The molecule has 0 aliphatic carbocycles. The summed E-state index contributed by atoms with van der Waals surface area (Å²) in [5, 5.41) is 12.7. The van der Waals surface area contributed by atoms with Crippen LogP contribution in [0.2, 0.25) is 0 Å². The molecule has 0 aliphatic rings. The maximum Gasteiger partial charge on any atom is 0.328 e. The molecule has 4 aromatic rings. The number of hydrogen-bond acceptors (Lipinski definition) is 7. The number of rotatable bonds is 12. The Morgan fingerprint density at radius 2 is 1.44 bits per heavy atom. The summed E-state index contributed by atoms with van der Waals surface area (Å²) in [4.78, 5) is 39.4. The van der Waals surface area contributed by atoms with E-state index >= 15 is 0 Å². The Morgan fingerprint density at radius 1 is 0.902 bits per heavy atom. The van der Waals surface area contributed by atoms with Gasteiger partial charge in [0.05, 0.1) is 26.9 Å². The maximum absolute atomic E-state index is 13.2. The number of nitrogens with zero attached hydrogens (tertiary/aromatic N) is 1. The highest BCUT2D eigenvalue weighted by Crippen LogP contribution is 2.41. The number of H-pyrrole nitrogens is 1. The summed E-state index contributed by atoms with van der Waals surface area (Å²) in [6, 6.07) is 23.6. The molecule has 0 fully saturated rings. The van der Waals surface area contributed by atoms with E-state index in [9.17, 15) is 19.5 Å². The number of nitrogens with one attached hydrogen (secondary N) is 2. The number of carbonyl (C=O) groups is 1. The van der Waals surface area contributed by atoms with Gasteiger partial charge in [0, 0.05) is 18.3 Å². The van der Waals surface area contributed by atoms with Crippen LogP contribution in [0.25, 0.3) is 0 Å². The minimum atomic E-state index is -1.20. The van der Waals surface area contributed by atoms with E-state index in [1.807, 2.05) is 78.9 Å². The molecule has 0 saturated carbocycles. The SMILES string of the molecule is COc1ccc(C(OCC(=O)N[C@@H](CO)Cn2cc(C)c(=O)[nH]c2=O)(c2ccccc2)c2ccc(OC)cc2)cc1. The molecule has 41 heavy (non-hydrogen) atoms. The van der Waals surface area contributed by atoms with Crippen molar-refractivity contribution < 1.29 is 24.1 Å². The Balaban J connectivity index is 1.67. The van der Waals surface area contributed by atoms with Gasteiger partial charge in [0.1, 0.15) is 23.7 Å². The second-order valence-electron chi connectivity index (χ2n) is 9.46. The average molecular weight is 560 g/mol. The summed E-state index contributed by atoms with van der Waals surface area (Å²) in [5.74, 6) is 0.837. The van der Waals surface area contributed by atoms with Crippen LogP contribution < -0.4 is 26.0 Å². The number of amides is 1. The fourth-order valence-corrected chi connectivity index (χ4v) is 4.66. The molecule has 10 heteroatoms. The Morgan fingerprint density at radius 3 is 1.95 bits per heavy atom. The van der Waals surface area contributed by atoms with Crippen LogP contribution in [-0.2, 0) is 21.7 Å². The fraction of sp³-hybridized carbons (Fsp3) is 0.258. The van der Waals surface area contributed by atoms with Crippen LogP contribution in [0.1, 0.15) is 22.3 Å². The van der Waals surface area contributed by atoms with Gasteiger partial charge in [0.15, 0.2) is 0 Å². The molecule has 0 aliphatic heterocycles. The van der Waals surface area contributed by atoms with Crippen LogP contribution in [0.15, 0.2) is 94.6 Å². The van der Waals surface area contributed by atoms with Crippen molar-refractivity contribution in [1.29, 1.82) is 0 Å². The van der Waals surface area contributed by atoms with Crippen molar-refractivity contribution in [2.75, 3.05) is 27.4 Å². The van der Waals surface area contributed by atoms with Gasteiger partial charge in [0.2, 0.25) is 5.91 Å². The van der Waals surface area contributed by atoms with Crippen LogP contribution in [0.4, 0.5) is 0 Å². The first-order valence-electron chi connectivity index (χ1n) is 13.0. The van der Waals surface area contributed by atoms with E-state index in [2.05, 4.69) is 10.3 Å². The Kier molecular flexibility index (Phi) is 9.38. The predicted molar refractivity (Wildman–Crippen MR) is 153 cm³/mol. The number of hydrogen-bond donors (Lipinski definition) is 3. The van der Waals surface area contributed by atoms with Crippen LogP contribution in [0.5, 0.6) is 11.5 Å². The molecule has 1 atom stereocenters. The molecule has 4 rings (SSSR count). The van der Waals surface area contributed by atoms with Crippen molar-refractivity contribution in [1.82, 2.24) is 14.9 Å². The monoisotopic (exact) mass is 559 g/mol. The van der Waals surface area contributed by atoms with Gasteiger partial charge in [-0.05, 0) is 47.9 Å². The number of carbonyl (C=O) groups excluding carboxylic acids is 1. The molecule has 10 nitrogen and oxygen atoms in total. The van der Waals surface area contributed by atoms with Crippen molar-refractivity contribution in [3.63, 3.8) is 0 Å². The van der Waals surface area contributed by atoms with Gasteiger partial charge in [-0.25, -0.2) is 4.79 Å². The van der Waals surface area contributed by atoms with Gasteiger partial charge < -0.3 is 24.6 Å². The van der Waals surface area contributed by atoms with E-state index in [4.69, 9.17) is 14.2 Å². The molecule has 0 saturated heterocycles. The zero-order valence-electron chi connectivity index (χ0n) is 23.1. The quantitative estimate of drug-likeness (QED) is 0.227. The molecule has 214 valence electrons. The molecule has 1 amide bonds. The first-order valence-corrected chi connectivity index (χ1v) is 13.0. The van der Waals surface area contributed by atoms with E-state index in [0.717, 1.165) is 16.7 Å². The van der Waals surface area contributed by atoms with E-state index < -0.39 is 35.4 Å². The Hall–Kier alpha value is -4.67. The Labute approximate surface area is 237 Å². The summed E-state index contributed by atoms with van der Waals surface area (Å²) in [6.45, 7) is 0.719. The standard InChI is InChI=1S/C31H33N3O7/c1-21-17-34(30(38)33-29(21)37)18-25(19-35)32-28(36)20-41-31(22-7-5-4-6-8-22,23-9-13-26(39-2)14-10-23)24-11-15-27(40-3)16-12-24/h4-17,25,35H,18-20H2,1-3H3,(H,32,36)(H,33,37,38)/t25-/m1/s1. The van der Waals surface area contributed by atoms with Gasteiger partial charge in [-0.2, -0.15) is 0 Å². The minimum absolute atomic E-state index is 0.0422. The molecule has 0 radical (unpaired) electrons. The van der Waals surface area contributed by atoms with Crippen molar-refractivity contribution >= 4 is 5.91 Å². The van der Waals surface area contributed by atoms with E-state index in [0.29, 0.717) is 17.1 Å². The van der Waals surface area contributed by atoms with Crippen molar-refractivity contribution in [3.8, 4) is 11.5 Å². The molecule has 3 N–H and O–H groups in total. The lowest BCUT2D eigenvalue weighted by atomic mass is 9.80. The first-order chi connectivity index (χ1) is 19.8. The highest BCUT2D eigenvalue weighted by molar-refractivity contribution is 5.77. The third-order valence-corrected chi connectivity index (χ3v) is 6.78. The number of aliphatic hydroxyl groups is 1. The summed E-state index contributed by atoms with van der Waals surface area (Å²) < 4.78 is 18.5. The summed E-state index contributed by atoms with van der Waals surface area (Å²) in [5.41, 5.74) is 0.330. The van der Waals surface area contributed by atoms with Crippen LogP contribution in [0, 0.1) is 6.92 Å². The third kappa shape index (κ3) is 6.56. The molecular formula is C31H33N3O7. The van der Waals surface area contributed by atoms with Crippen LogP contribution >= 0.6 is 0 Å². The molecule has 1 aromatic heterocycles. The van der Waals surface area contributed by atoms with Crippen LogP contribution in [-0.4, -0.2) is 54.0 Å². The van der Waals surface area contributed by atoms with Crippen molar-refractivity contribution in [2.45, 2.75) is 25.1 Å². The number of benzene rings is 3. The van der Waals surface area contributed by atoms with Gasteiger partial charge in [-0.3, -0.25) is 19.1 Å². The van der Waals surface area contributed by atoms with Gasteiger partial charge in [0.25, 0.3) is 5.56 Å². The van der Waals surface area contributed by atoms with Crippen molar-refractivity contribution in [2.24, 2.45) is 0 Å². The number of aromatic nitrogens is 2. The number of aromatic amines is 1. The number of aryl methyl sites for hydroxylation is 1. The number of aliphatic hydroxyl groups excluding tert-OH is 1. The molecule has 0 unspecified atom stereocenters. The fourth-order valence-electron chi connectivity index (χ4n) is 4.66. The Bertz CT molecular complexity index is 1520. The summed E-state index contributed by atoms with van der Waals surface area (Å²) in [6.07, 6.45) is 1.39. The highest BCUT2D eigenvalue weighted by Gasteiger charge is 2.38. The topological polar surface area (TPSA) is 132 Å². The highest BCUT2D eigenvalue weighted by atomic mass is 16.5. The largest absolute Gasteiger partial charge is 0.497 e. The van der Waals surface area contributed by atoms with E-state index in [-0.39, 0.29) is 13.2 Å². The lowest BCUT2D eigenvalue weighted by Gasteiger charge is -2.36. The normalized spacial score (nSPS) is 12.0. The molecule has 1 heterocycles. The zero-order valence-corrected chi connectivity index (χ0v) is 23.1. The van der Waals surface area contributed by atoms with Crippen molar-refractivity contribution in [3.05, 3.63) is 128 Å². The lowest BCUT2D eigenvalue weighted by molar-refractivity contribution is -0.130. The minimum Gasteiger partial charge on any atom is -0.497 e. The average Bonchev–Trinajstić information content (AvgIpc) is 3.00. The maximum atomic E-state index is 13.2. The summed E-state index contributed by atoms with van der Waals surface area (Å²) >= 11 is 0.